The van der Waals surface area contributed by atoms with Gasteiger partial charge in [-0.1, -0.05) is 19.8 Å². The van der Waals surface area contributed by atoms with E-state index >= 15 is 0 Å². The van der Waals surface area contributed by atoms with E-state index in [1.165, 1.54) is 11.3 Å². The van der Waals surface area contributed by atoms with Gasteiger partial charge in [0.1, 0.15) is 0 Å². The Hall–Kier alpha value is -0.100. The van der Waals surface area contributed by atoms with E-state index in [1.807, 2.05) is 13.8 Å². The molecule has 1 fully saturated rings. The third kappa shape index (κ3) is 2.99. The Morgan fingerprint density at radius 1 is 1.42 bits per heavy atom. The van der Waals surface area contributed by atoms with Crippen LogP contribution in [0.25, 0.3) is 0 Å². The van der Waals surface area contributed by atoms with Crippen molar-refractivity contribution < 1.29 is 8.42 Å². The highest BCUT2D eigenvalue weighted by molar-refractivity contribution is 7.89. The van der Waals surface area contributed by atoms with E-state index in [0.29, 0.717) is 17.3 Å². The minimum atomic E-state index is -3.37. The second kappa shape index (κ2) is 6.12. The first-order valence-corrected chi connectivity index (χ1v) is 9.47. The Morgan fingerprint density at radius 2 is 2.05 bits per heavy atom. The first-order chi connectivity index (χ1) is 9.00. The lowest BCUT2D eigenvalue weighted by Crippen LogP contribution is -2.38. The number of sulfonamides is 1. The number of aryl methyl sites for hydroxylation is 1. The van der Waals surface area contributed by atoms with Crippen LogP contribution < -0.4 is 0 Å². The third-order valence-electron chi connectivity index (χ3n) is 3.69. The SMILES string of the molecule is CCN(C1CCCC1)S(=O)(=O)c1cc(CCl)sc1C. The molecule has 108 valence electrons. The normalized spacial score (nSPS) is 17.5. The summed E-state index contributed by atoms with van der Waals surface area (Å²) in [6, 6.07) is 1.91. The molecule has 6 heteroatoms. The predicted octanol–water partition coefficient (Wildman–Crippen LogP) is 3.75. The van der Waals surface area contributed by atoms with Crippen LogP contribution in [0.1, 0.15) is 42.4 Å². The first kappa shape index (κ1) is 15.3. The molecule has 1 aliphatic rings. The maximum absolute atomic E-state index is 12.8. The van der Waals surface area contributed by atoms with Crippen molar-refractivity contribution in [1.82, 2.24) is 4.31 Å². The van der Waals surface area contributed by atoms with Crippen molar-refractivity contribution in [3.05, 3.63) is 15.8 Å². The maximum Gasteiger partial charge on any atom is 0.244 e. The van der Waals surface area contributed by atoms with Crippen LogP contribution in [0, 0.1) is 6.92 Å². The standard InChI is InChI=1S/C13H20ClNO2S2/c1-3-15(11-6-4-5-7-11)19(16,17)13-8-12(9-14)18-10(13)2/h8,11H,3-7,9H2,1-2H3. The number of hydrogen-bond acceptors (Lipinski definition) is 3. The van der Waals surface area contributed by atoms with Crippen LogP contribution >= 0.6 is 22.9 Å². The summed E-state index contributed by atoms with van der Waals surface area (Å²) in [5.41, 5.74) is 0. The van der Waals surface area contributed by atoms with Gasteiger partial charge in [-0.05, 0) is 25.8 Å². The van der Waals surface area contributed by atoms with Gasteiger partial charge >= 0.3 is 0 Å². The molecule has 1 aromatic rings. The highest BCUT2D eigenvalue weighted by Crippen LogP contribution is 2.33. The van der Waals surface area contributed by atoms with Gasteiger partial charge in [-0.2, -0.15) is 4.31 Å². The predicted molar refractivity (Wildman–Crippen MR) is 80.4 cm³/mol. The topological polar surface area (TPSA) is 37.4 Å². The molecule has 0 atom stereocenters. The molecule has 2 rings (SSSR count). The monoisotopic (exact) mass is 321 g/mol. The second-order valence-electron chi connectivity index (χ2n) is 4.91. The van der Waals surface area contributed by atoms with Gasteiger partial charge in [0.05, 0.1) is 10.8 Å². The van der Waals surface area contributed by atoms with Crippen LogP contribution in [-0.2, 0) is 15.9 Å². The van der Waals surface area contributed by atoms with E-state index in [1.54, 1.807) is 10.4 Å². The largest absolute Gasteiger partial charge is 0.244 e. The lowest BCUT2D eigenvalue weighted by molar-refractivity contribution is 0.335. The minimum Gasteiger partial charge on any atom is -0.207 e. The molecule has 0 unspecified atom stereocenters. The Balaban J connectivity index is 2.36. The fraction of sp³-hybridized carbons (Fsp3) is 0.692. The molecule has 0 N–H and O–H groups in total. The lowest BCUT2D eigenvalue weighted by atomic mass is 10.2. The van der Waals surface area contributed by atoms with Crippen LogP contribution in [0.5, 0.6) is 0 Å². The fourth-order valence-electron chi connectivity index (χ4n) is 2.79. The van der Waals surface area contributed by atoms with Gasteiger partial charge in [-0.15, -0.1) is 22.9 Å². The summed E-state index contributed by atoms with van der Waals surface area (Å²) in [6.07, 6.45) is 4.23. The summed E-state index contributed by atoms with van der Waals surface area (Å²) in [5.74, 6) is 0.372. The third-order valence-corrected chi connectivity index (χ3v) is 7.46. The molecule has 0 spiro atoms. The van der Waals surface area contributed by atoms with Crippen LogP contribution in [0.15, 0.2) is 11.0 Å². The number of rotatable bonds is 5. The van der Waals surface area contributed by atoms with Crippen LogP contribution in [-0.4, -0.2) is 25.3 Å². The molecular formula is C13H20ClNO2S2. The number of alkyl halides is 1. The zero-order chi connectivity index (χ0) is 14.0. The van der Waals surface area contributed by atoms with Gasteiger partial charge in [-0.25, -0.2) is 8.42 Å². The van der Waals surface area contributed by atoms with Gasteiger partial charge in [0.25, 0.3) is 0 Å². The van der Waals surface area contributed by atoms with Gasteiger partial charge < -0.3 is 0 Å². The molecule has 0 bridgehead atoms. The van der Waals surface area contributed by atoms with Crippen molar-refractivity contribution in [1.29, 1.82) is 0 Å². The van der Waals surface area contributed by atoms with Crippen LogP contribution in [0.3, 0.4) is 0 Å². The van der Waals surface area contributed by atoms with E-state index in [0.717, 1.165) is 35.4 Å². The molecule has 0 aliphatic heterocycles. The van der Waals surface area contributed by atoms with Crippen molar-refractivity contribution >= 4 is 33.0 Å². The van der Waals surface area contributed by atoms with Gasteiger partial charge in [0, 0.05) is 22.3 Å². The summed E-state index contributed by atoms with van der Waals surface area (Å²) in [4.78, 5) is 2.20. The van der Waals surface area contributed by atoms with Crippen molar-refractivity contribution in [2.75, 3.05) is 6.54 Å². The Bertz CT molecular complexity index is 533. The van der Waals surface area contributed by atoms with Crippen molar-refractivity contribution in [3.8, 4) is 0 Å². The molecule has 0 saturated heterocycles. The number of thiophene rings is 1. The Labute approximate surface area is 124 Å². The Morgan fingerprint density at radius 3 is 2.53 bits per heavy atom. The van der Waals surface area contributed by atoms with Crippen molar-refractivity contribution in [2.24, 2.45) is 0 Å². The highest BCUT2D eigenvalue weighted by Gasteiger charge is 2.33. The lowest BCUT2D eigenvalue weighted by Gasteiger charge is -2.26. The Kier molecular flexibility index (Phi) is 4.93. The molecule has 1 saturated carbocycles. The zero-order valence-corrected chi connectivity index (χ0v) is 13.7. The number of hydrogen-bond donors (Lipinski definition) is 0. The highest BCUT2D eigenvalue weighted by atomic mass is 35.5. The molecule has 1 aliphatic carbocycles. The van der Waals surface area contributed by atoms with Gasteiger partial charge in [0.2, 0.25) is 10.0 Å². The van der Waals surface area contributed by atoms with Gasteiger partial charge in [0.15, 0.2) is 0 Å². The molecule has 1 heterocycles. The summed E-state index contributed by atoms with van der Waals surface area (Å²) in [6.45, 7) is 4.31. The zero-order valence-electron chi connectivity index (χ0n) is 11.4. The van der Waals surface area contributed by atoms with E-state index < -0.39 is 10.0 Å². The first-order valence-electron chi connectivity index (χ1n) is 6.67. The summed E-state index contributed by atoms with van der Waals surface area (Å²) in [7, 11) is -3.37. The maximum atomic E-state index is 12.8. The quantitative estimate of drug-likeness (QED) is 0.775. The average molecular weight is 322 g/mol. The van der Waals surface area contributed by atoms with Crippen molar-refractivity contribution in [3.63, 3.8) is 0 Å². The average Bonchev–Trinajstić information content (AvgIpc) is 2.99. The molecular weight excluding hydrogens is 302 g/mol. The van der Waals surface area contributed by atoms with Crippen LogP contribution in [0.2, 0.25) is 0 Å². The van der Waals surface area contributed by atoms with E-state index in [9.17, 15) is 8.42 Å². The van der Waals surface area contributed by atoms with Crippen LogP contribution in [0.4, 0.5) is 0 Å². The summed E-state index contributed by atoms with van der Waals surface area (Å²) >= 11 is 7.28. The summed E-state index contributed by atoms with van der Waals surface area (Å²) in [5, 5.41) is 0. The van der Waals surface area contributed by atoms with E-state index in [4.69, 9.17) is 11.6 Å². The molecule has 0 radical (unpaired) electrons. The number of nitrogens with zero attached hydrogens (tertiary/aromatic N) is 1. The molecule has 3 nitrogen and oxygen atoms in total. The molecule has 0 aromatic carbocycles. The summed E-state index contributed by atoms with van der Waals surface area (Å²) < 4.78 is 27.3. The number of halogens is 1. The van der Waals surface area contributed by atoms with Gasteiger partial charge in [-0.3, -0.25) is 0 Å². The molecule has 19 heavy (non-hydrogen) atoms. The van der Waals surface area contributed by atoms with Crippen molar-refractivity contribution in [2.45, 2.75) is 56.3 Å². The smallest absolute Gasteiger partial charge is 0.207 e. The fourth-order valence-corrected chi connectivity index (χ4v) is 6.18. The molecule has 1 aromatic heterocycles. The minimum absolute atomic E-state index is 0.175. The van der Waals surface area contributed by atoms with E-state index in [-0.39, 0.29) is 6.04 Å². The molecule has 0 amide bonds. The van der Waals surface area contributed by atoms with E-state index in [2.05, 4.69) is 0 Å². The second-order valence-corrected chi connectivity index (χ2v) is 8.38.